The molecule has 0 bridgehead atoms. The van der Waals surface area contributed by atoms with Crippen LogP contribution in [-0.4, -0.2) is 37.5 Å². The molecule has 1 aliphatic heterocycles. The number of aliphatic hydroxyl groups is 1. The van der Waals surface area contributed by atoms with Gasteiger partial charge in [-0.2, -0.15) is 0 Å². The molecule has 182 valence electrons. The summed E-state index contributed by atoms with van der Waals surface area (Å²) in [6.07, 6.45) is 4.67. The molecule has 35 heavy (non-hydrogen) atoms. The number of aliphatic hydroxyl groups excluding tert-OH is 1. The summed E-state index contributed by atoms with van der Waals surface area (Å²) in [6, 6.07) is 16.7. The third-order valence-corrected chi connectivity index (χ3v) is 6.05. The summed E-state index contributed by atoms with van der Waals surface area (Å²) in [5, 5.41) is 11.2. The second-order valence-corrected chi connectivity index (χ2v) is 8.68. The Bertz CT molecular complexity index is 1200. The first-order valence-electron chi connectivity index (χ1n) is 11.8. The Labute approximate surface area is 205 Å². The predicted octanol–water partition coefficient (Wildman–Crippen LogP) is 5.54. The minimum absolute atomic E-state index is 0.0155. The van der Waals surface area contributed by atoms with Crippen molar-refractivity contribution in [3.63, 3.8) is 0 Å². The van der Waals surface area contributed by atoms with E-state index in [-0.39, 0.29) is 11.3 Å². The van der Waals surface area contributed by atoms with Crippen molar-refractivity contribution in [2.75, 3.05) is 30.5 Å². The van der Waals surface area contributed by atoms with Crippen molar-refractivity contribution < 1.29 is 23.8 Å². The van der Waals surface area contributed by atoms with Gasteiger partial charge in [0.15, 0.2) is 0 Å². The van der Waals surface area contributed by atoms with Crippen LogP contribution in [0.2, 0.25) is 0 Å². The SMILES string of the molecule is CCCCCOc1ccc(/C(O)=C2/C(=O)C(=O)N(c3ccc(N(C)C)cc3)C2c2ccco2)cc1. The molecule has 2 aromatic carbocycles. The molecule has 1 atom stereocenters. The Morgan fingerprint density at radius 1 is 1.03 bits per heavy atom. The lowest BCUT2D eigenvalue weighted by molar-refractivity contribution is -0.132. The summed E-state index contributed by atoms with van der Waals surface area (Å²) in [5.41, 5.74) is 1.90. The zero-order valence-corrected chi connectivity index (χ0v) is 20.2. The number of rotatable bonds is 9. The van der Waals surface area contributed by atoms with Crippen LogP contribution in [0.15, 0.2) is 76.9 Å². The van der Waals surface area contributed by atoms with Crippen molar-refractivity contribution in [1.82, 2.24) is 0 Å². The van der Waals surface area contributed by atoms with Crippen LogP contribution in [0.3, 0.4) is 0 Å². The van der Waals surface area contributed by atoms with Gasteiger partial charge in [0.05, 0.1) is 18.4 Å². The van der Waals surface area contributed by atoms with Crippen LogP contribution in [0.4, 0.5) is 11.4 Å². The van der Waals surface area contributed by atoms with Crippen molar-refractivity contribution in [2.45, 2.75) is 32.2 Å². The fraction of sp³-hybridized carbons (Fsp3) is 0.286. The molecule has 1 unspecified atom stereocenters. The van der Waals surface area contributed by atoms with E-state index in [2.05, 4.69) is 6.92 Å². The van der Waals surface area contributed by atoms with Crippen LogP contribution in [-0.2, 0) is 9.59 Å². The lowest BCUT2D eigenvalue weighted by atomic mass is 9.99. The van der Waals surface area contributed by atoms with E-state index in [0.717, 1.165) is 24.9 Å². The Kier molecular flexibility index (Phi) is 7.25. The first-order valence-corrected chi connectivity index (χ1v) is 11.8. The number of anilines is 2. The molecule has 1 aromatic heterocycles. The van der Waals surface area contributed by atoms with E-state index in [0.29, 0.717) is 29.4 Å². The van der Waals surface area contributed by atoms with Gasteiger partial charge in [-0.15, -0.1) is 0 Å². The van der Waals surface area contributed by atoms with Gasteiger partial charge in [-0.1, -0.05) is 19.8 Å². The maximum absolute atomic E-state index is 13.2. The zero-order valence-electron chi connectivity index (χ0n) is 20.2. The number of hydrogen-bond acceptors (Lipinski definition) is 6. The van der Waals surface area contributed by atoms with E-state index in [1.165, 1.54) is 11.2 Å². The van der Waals surface area contributed by atoms with Gasteiger partial charge in [0.25, 0.3) is 11.7 Å². The van der Waals surface area contributed by atoms with Crippen molar-refractivity contribution >= 4 is 28.8 Å². The first kappa shape index (κ1) is 24.1. The third kappa shape index (κ3) is 4.94. The molecule has 7 nitrogen and oxygen atoms in total. The minimum Gasteiger partial charge on any atom is -0.507 e. The lowest BCUT2D eigenvalue weighted by Crippen LogP contribution is -2.29. The van der Waals surface area contributed by atoms with Crippen LogP contribution >= 0.6 is 0 Å². The number of benzene rings is 2. The molecule has 3 aromatic rings. The predicted molar refractivity (Wildman–Crippen MR) is 136 cm³/mol. The standard InChI is InChI=1S/C28H30N2O5/c1-4-5-6-17-34-22-15-9-19(10-16-22)26(31)24-25(23-8-7-18-35-23)30(28(33)27(24)32)21-13-11-20(12-14-21)29(2)3/h7-16,18,25,31H,4-6,17H2,1-3H3/b26-24-. The van der Waals surface area contributed by atoms with Crippen LogP contribution < -0.4 is 14.5 Å². The summed E-state index contributed by atoms with van der Waals surface area (Å²) in [4.78, 5) is 29.6. The Balaban J connectivity index is 1.70. The van der Waals surface area contributed by atoms with Crippen LogP contribution in [0, 0.1) is 0 Å². The second-order valence-electron chi connectivity index (χ2n) is 8.68. The number of nitrogens with zero attached hydrogens (tertiary/aromatic N) is 2. The van der Waals surface area contributed by atoms with E-state index < -0.39 is 17.7 Å². The van der Waals surface area contributed by atoms with Crippen molar-refractivity contribution in [2.24, 2.45) is 0 Å². The van der Waals surface area contributed by atoms with Gasteiger partial charge in [0.2, 0.25) is 0 Å². The van der Waals surface area contributed by atoms with Gasteiger partial charge in [0.1, 0.15) is 23.3 Å². The van der Waals surface area contributed by atoms with Gasteiger partial charge < -0.3 is 19.2 Å². The monoisotopic (exact) mass is 474 g/mol. The zero-order chi connectivity index (χ0) is 24.9. The molecule has 0 radical (unpaired) electrons. The normalized spacial score (nSPS) is 17.1. The number of ketones is 1. The average molecular weight is 475 g/mol. The van der Waals surface area contributed by atoms with Crippen molar-refractivity contribution in [3.05, 3.63) is 83.8 Å². The van der Waals surface area contributed by atoms with E-state index in [1.54, 1.807) is 48.5 Å². The molecule has 0 aliphatic carbocycles. The number of carbonyl (C=O) groups is 2. The third-order valence-electron chi connectivity index (χ3n) is 6.05. The molecule has 1 aliphatic rings. The smallest absolute Gasteiger partial charge is 0.300 e. The summed E-state index contributed by atoms with van der Waals surface area (Å²) in [5.74, 6) is -0.670. The Morgan fingerprint density at radius 2 is 1.74 bits per heavy atom. The van der Waals surface area contributed by atoms with Crippen molar-refractivity contribution in [1.29, 1.82) is 0 Å². The Hall–Kier alpha value is -4.00. The molecule has 2 heterocycles. The fourth-order valence-electron chi connectivity index (χ4n) is 4.13. The lowest BCUT2D eigenvalue weighted by Gasteiger charge is -2.24. The summed E-state index contributed by atoms with van der Waals surface area (Å²) in [6.45, 7) is 2.76. The fourth-order valence-corrected chi connectivity index (χ4v) is 4.13. The molecule has 4 rings (SSSR count). The number of Topliss-reactive ketones (excluding diaryl/α,β-unsaturated/α-hetero) is 1. The largest absolute Gasteiger partial charge is 0.507 e. The first-order chi connectivity index (χ1) is 16.9. The van der Waals surface area contributed by atoms with Crippen LogP contribution in [0.1, 0.15) is 43.6 Å². The number of amides is 1. The maximum Gasteiger partial charge on any atom is 0.300 e. The number of unbranched alkanes of at least 4 members (excludes halogenated alkanes) is 2. The van der Waals surface area contributed by atoms with E-state index in [4.69, 9.17) is 9.15 Å². The molecule has 7 heteroatoms. The van der Waals surface area contributed by atoms with Gasteiger partial charge in [-0.25, -0.2) is 0 Å². The number of carbonyl (C=O) groups excluding carboxylic acids is 2. The minimum atomic E-state index is -0.889. The quantitative estimate of drug-likeness (QED) is 0.190. The van der Waals surface area contributed by atoms with Gasteiger partial charge in [0, 0.05) is 31.0 Å². The molecule has 0 saturated carbocycles. The number of hydrogen-bond donors (Lipinski definition) is 1. The molecule has 1 N–H and O–H groups in total. The Morgan fingerprint density at radius 3 is 2.34 bits per heavy atom. The highest BCUT2D eigenvalue weighted by molar-refractivity contribution is 6.51. The van der Waals surface area contributed by atoms with Gasteiger partial charge in [-0.3, -0.25) is 14.5 Å². The van der Waals surface area contributed by atoms with Crippen LogP contribution in [0.5, 0.6) is 5.75 Å². The average Bonchev–Trinajstić information content (AvgIpc) is 3.49. The van der Waals surface area contributed by atoms with Crippen molar-refractivity contribution in [3.8, 4) is 5.75 Å². The molecular formula is C28H30N2O5. The van der Waals surface area contributed by atoms with Gasteiger partial charge >= 0.3 is 0 Å². The molecule has 1 saturated heterocycles. The summed E-state index contributed by atoms with van der Waals surface area (Å²) in [7, 11) is 3.84. The highest BCUT2D eigenvalue weighted by atomic mass is 16.5. The summed E-state index contributed by atoms with van der Waals surface area (Å²) < 4.78 is 11.4. The highest BCUT2D eigenvalue weighted by Gasteiger charge is 2.48. The number of ether oxygens (including phenoxy) is 1. The van der Waals surface area contributed by atoms with Crippen LogP contribution in [0.25, 0.3) is 5.76 Å². The van der Waals surface area contributed by atoms with E-state index in [1.807, 2.05) is 31.1 Å². The number of furan rings is 1. The molecule has 1 amide bonds. The highest BCUT2D eigenvalue weighted by Crippen LogP contribution is 2.42. The molecule has 0 spiro atoms. The second kappa shape index (κ2) is 10.5. The molecular weight excluding hydrogens is 444 g/mol. The van der Waals surface area contributed by atoms with E-state index >= 15 is 0 Å². The van der Waals surface area contributed by atoms with E-state index in [9.17, 15) is 14.7 Å². The van der Waals surface area contributed by atoms with Gasteiger partial charge in [-0.05, 0) is 67.1 Å². The molecule has 1 fully saturated rings. The summed E-state index contributed by atoms with van der Waals surface area (Å²) >= 11 is 0. The maximum atomic E-state index is 13.2. The topological polar surface area (TPSA) is 83.2 Å².